The van der Waals surface area contributed by atoms with Gasteiger partial charge in [0.1, 0.15) is 0 Å². The van der Waals surface area contributed by atoms with Gasteiger partial charge in [-0.1, -0.05) is 147 Å². The molecule has 1 aliphatic carbocycles. The van der Waals surface area contributed by atoms with E-state index >= 15 is 0 Å². The maximum Gasteiger partial charge on any atom is 0.0546 e. The van der Waals surface area contributed by atoms with E-state index in [0.29, 0.717) is 0 Å². The van der Waals surface area contributed by atoms with Crippen molar-refractivity contribution in [2.45, 2.75) is 19.3 Å². The van der Waals surface area contributed by atoms with Crippen LogP contribution >= 0.6 is 0 Å². The summed E-state index contributed by atoms with van der Waals surface area (Å²) in [5.74, 6) is 0. The first kappa shape index (κ1) is 26.2. The van der Waals surface area contributed by atoms with Crippen LogP contribution < -0.4 is 4.90 Å². The summed E-state index contributed by atoms with van der Waals surface area (Å²) in [6, 6.07) is 59.6. The molecule has 1 aliphatic rings. The zero-order chi connectivity index (χ0) is 29.7. The third kappa shape index (κ3) is 4.24. The molecule has 44 heavy (non-hydrogen) atoms. The van der Waals surface area contributed by atoms with Crippen LogP contribution in [0.2, 0.25) is 0 Å². The third-order valence-electron chi connectivity index (χ3n) is 9.27. The number of benzene rings is 7. The Labute approximate surface area is 259 Å². The summed E-state index contributed by atoms with van der Waals surface area (Å²) in [4.78, 5) is 2.45. The van der Waals surface area contributed by atoms with Crippen LogP contribution in [0.5, 0.6) is 0 Å². The van der Waals surface area contributed by atoms with Crippen LogP contribution in [0, 0.1) is 0 Å². The number of anilines is 3. The SMILES string of the molecule is CC1(C)c2ccccc2-c2ccc(N(c3ccc(-c4ccccc4)cc3)c3ccc4ccccc4c3-c3ccccc3)cc21. The van der Waals surface area contributed by atoms with Crippen molar-refractivity contribution in [2.24, 2.45) is 0 Å². The van der Waals surface area contributed by atoms with E-state index in [9.17, 15) is 0 Å². The molecule has 0 radical (unpaired) electrons. The van der Waals surface area contributed by atoms with Crippen molar-refractivity contribution >= 4 is 27.8 Å². The molecule has 8 rings (SSSR count). The van der Waals surface area contributed by atoms with E-state index in [4.69, 9.17) is 0 Å². The minimum Gasteiger partial charge on any atom is -0.310 e. The first-order chi connectivity index (χ1) is 21.6. The van der Waals surface area contributed by atoms with Crippen molar-refractivity contribution < 1.29 is 0 Å². The predicted octanol–water partition coefficient (Wildman–Crippen LogP) is 11.9. The zero-order valence-electron chi connectivity index (χ0n) is 25.0. The van der Waals surface area contributed by atoms with Crippen molar-refractivity contribution in [2.75, 3.05) is 4.90 Å². The highest BCUT2D eigenvalue weighted by Crippen LogP contribution is 2.51. The van der Waals surface area contributed by atoms with Crippen molar-refractivity contribution in [3.8, 4) is 33.4 Å². The Kier molecular flexibility index (Phi) is 6.20. The van der Waals surface area contributed by atoms with E-state index in [1.807, 2.05) is 0 Å². The van der Waals surface area contributed by atoms with Gasteiger partial charge in [0.05, 0.1) is 5.69 Å². The molecule has 0 atom stereocenters. The van der Waals surface area contributed by atoms with E-state index in [2.05, 4.69) is 183 Å². The van der Waals surface area contributed by atoms with Gasteiger partial charge >= 0.3 is 0 Å². The average Bonchev–Trinajstić information content (AvgIpc) is 3.31. The second kappa shape index (κ2) is 10.4. The van der Waals surface area contributed by atoms with E-state index in [0.717, 1.165) is 17.1 Å². The summed E-state index contributed by atoms with van der Waals surface area (Å²) in [7, 11) is 0. The number of hydrogen-bond acceptors (Lipinski definition) is 1. The van der Waals surface area contributed by atoms with Crippen molar-refractivity contribution in [3.63, 3.8) is 0 Å². The van der Waals surface area contributed by atoms with E-state index in [-0.39, 0.29) is 5.41 Å². The summed E-state index contributed by atoms with van der Waals surface area (Å²) in [5, 5.41) is 2.48. The summed E-state index contributed by atoms with van der Waals surface area (Å²) in [6.07, 6.45) is 0. The topological polar surface area (TPSA) is 3.24 Å². The molecule has 0 unspecified atom stereocenters. The van der Waals surface area contributed by atoms with Crippen LogP contribution in [0.1, 0.15) is 25.0 Å². The lowest BCUT2D eigenvalue weighted by molar-refractivity contribution is 0.660. The molecular weight excluding hydrogens is 530 g/mol. The van der Waals surface area contributed by atoms with E-state index < -0.39 is 0 Å². The van der Waals surface area contributed by atoms with Crippen LogP contribution in [-0.4, -0.2) is 0 Å². The number of nitrogens with zero attached hydrogens (tertiary/aromatic N) is 1. The minimum absolute atomic E-state index is 0.0869. The molecule has 0 saturated carbocycles. The molecule has 1 nitrogen and oxygen atoms in total. The van der Waals surface area contributed by atoms with E-state index in [1.165, 1.54) is 55.3 Å². The zero-order valence-corrected chi connectivity index (χ0v) is 25.0. The molecule has 0 spiro atoms. The van der Waals surface area contributed by atoms with Crippen molar-refractivity contribution in [1.29, 1.82) is 0 Å². The quantitative estimate of drug-likeness (QED) is 0.201. The van der Waals surface area contributed by atoms with Crippen LogP contribution in [0.25, 0.3) is 44.2 Å². The van der Waals surface area contributed by atoms with Crippen LogP contribution in [0.15, 0.2) is 164 Å². The fraction of sp³-hybridized carbons (Fsp3) is 0.0698. The molecule has 0 amide bonds. The molecule has 0 aliphatic heterocycles. The molecule has 0 aromatic heterocycles. The summed E-state index contributed by atoms with van der Waals surface area (Å²) in [5.41, 5.74) is 13.7. The Bertz CT molecular complexity index is 2120. The van der Waals surface area contributed by atoms with Gasteiger partial charge in [0, 0.05) is 22.4 Å². The average molecular weight is 564 g/mol. The summed E-state index contributed by atoms with van der Waals surface area (Å²) < 4.78 is 0. The fourth-order valence-electron chi connectivity index (χ4n) is 7.05. The lowest BCUT2D eigenvalue weighted by Gasteiger charge is -2.30. The number of fused-ring (bicyclic) bond motifs is 4. The smallest absolute Gasteiger partial charge is 0.0546 e. The monoisotopic (exact) mass is 563 g/mol. The maximum absolute atomic E-state index is 2.45. The molecule has 210 valence electrons. The summed E-state index contributed by atoms with van der Waals surface area (Å²) in [6.45, 7) is 4.71. The largest absolute Gasteiger partial charge is 0.310 e. The normalized spacial score (nSPS) is 13.0. The first-order valence-electron chi connectivity index (χ1n) is 15.4. The lowest BCUT2D eigenvalue weighted by Crippen LogP contribution is -2.17. The maximum atomic E-state index is 2.45. The van der Waals surface area contributed by atoms with Crippen LogP contribution in [0.4, 0.5) is 17.1 Å². The van der Waals surface area contributed by atoms with Gasteiger partial charge < -0.3 is 4.90 Å². The van der Waals surface area contributed by atoms with Gasteiger partial charge in [-0.25, -0.2) is 0 Å². The molecule has 1 heteroatoms. The highest BCUT2D eigenvalue weighted by Gasteiger charge is 2.35. The van der Waals surface area contributed by atoms with Gasteiger partial charge in [-0.05, 0) is 80.0 Å². The Morgan fingerprint density at radius 1 is 0.432 bits per heavy atom. The van der Waals surface area contributed by atoms with Crippen LogP contribution in [-0.2, 0) is 5.41 Å². The molecular formula is C43H33N. The second-order valence-corrected chi connectivity index (χ2v) is 12.2. The van der Waals surface area contributed by atoms with Crippen LogP contribution in [0.3, 0.4) is 0 Å². The Morgan fingerprint density at radius 2 is 1.02 bits per heavy atom. The molecule has 0 bridgehead atoms. The Hall–Kier alpha value is -5.40. The predicted molar refractivity (Wildman–Crippen MR) is 187 cm³/mol. The standard InChI is InChI=1S/C43H33N/c1-43(2)39-20-12-11-19-37(39)38-27-26-35(29-40(38)43)44(34-24-21-31(22-25-34)30-13-5-3-6-14-30)41-28-23-32-15-9-10-18-36(32)42(41)33-16-7-4-8-17-33/h3-29H,1-2H3. The molecule has 0 fully saturated rings. The fourth-order valence-corrected chi connectivity index (χ4v) is 7.05. The lowest BCUT2D eigenvalue weighted by atomic mass is 9.82. The van der Waals surface area contributed by atoms with Gasteiger partial charge in [-0.2, -0.15) is 0 Å². The minimum atomic E-state index is -0.0869. The summed E-state index contributed by atoms with van der Waals surface area (Å²) >= 11 is 0. The second-order valence-electron chi connectivity index (χ2n) is 12.2. The molecule has 0 heterocycles. The third-order valence-corrected chi connectivity index (χ3v) is 9.27. The molecule has 0 saturated heterocycles. The van der Waals surface area contributed by atoms with Gasteiger partial charge in [-0.15, -0.1) is 0 Å². The van der Waals surface area contributed by atoms with E-state index in [1.54, 1.807) is 0 Å². The Morgan fingerprint density at radius 3 is 1.80 bits per heavy atom. The molecule has 7 aromatic rings. The van der Waals surface area contributed by atoms with Gasteiger partial charge in [-0.3, -0.25) is 0 Å². The highest BCUT2D eigenvalue weighted by atomic mass is 15.1. The van der Waals surface area contributed by atoms with Crippen molar-refractivity contribution in [1.82, 2.24) is 0 Å². The highest BCUT2D eigenvalue weighted by molar-refractivity contribution is 6.05. The van der Waals surface area contributed by atoms with Gasteiger partial charge in [0.25, 0.3) is 0 Å². The number of rotatable bonds is 5. The molecule has 0 N–H and O–H groups in total. The molecule has 7 aromatic carbocycles. The first-order valence-corrected chi connectivity index (χ1v) is 15.4. The van der Waals surface area contributed by atoms with Gasteiger partial charge in [0.2, 0.25) is 0 Å². The van der Waals surface area contributed by atoms with Crippen molar-refractivity contribution in [3.05, 3.63) is 175 Å². The number of hydrogen-bond donors (Lipinski definition) is 0. The van der Waals surface area contributed by atoms with Gasteiger partial charge in [0.15, 0.2) is 0 Å². The Balaban J connectivity index is 1.37.